The fraction of sp³-hybridized carbons (Fsp3) is 0.333. The maximum Gasteiger partial charge on any atom is 0.290 e. The summed E-state index contributed by atoms with van der Waals surface area (Å²) in [7, 11) is 1.59. The first-order chi connectivity index (χ1) is 16.1. The number of carbonyl (C=O) groups excluding carboxylic acids is 2. The van der Waals surface area contributed by atoms with Gasteiger partial charge in [-0.15, -0.1) is 0 Å². The lowest BCUT2D eigenvalue weighted by Gasteiger charge is -2.27. The Labute approximate surface area is 203 Å². The van der Waals surface area contributed by atoms with E-state index in [1.54, 1.807) is 31.4 Å². The Balaban J connectivity index is 1.77. The second-order valence-corrected chi connectivity index (χ2v) is 9.94. The molecule has 7 heteroatoms. The first-order valence-corrected chi connectivity index (χ1v) is 11.6. The maximum absolute atomic E-state index is 13.6. The molecule has 2 heterocycles. The fourth-order valence-corrected chi connectivity index (χ4v) is 4.45. The summed E-state index contributed by atoms with van der Waals surface area (Å²) >= 11 is 6.07. The van der Waals surface area contributed by atoms with Gasteiger partial charge in [0.05, 0.1) is 11.6 Å². The fourth-order valence-electron chi connectivity index (χ4n) is 4.27. The summed E-state index contributed by atoms with van der Waals surface area (Å²) in [6, 6.07) is 13.7. The number of ether oxygens (including phenoxy) is 1. The summed E-state index contributed by atoms with van der Waals surface area (Å²) in [5.41, 5.74) is 2.33. The van der Waals surface area contributed by atoms with Crippen molar-refractivity contribution in [1.29, 1.82) is 0 Å². The zero-order valence-corrected chi connectivity index (χ0v) is 20.5. The number of nitrogens with zero attached hydrogens (tertiary/aromatic N) is 1. The molecule has 1 aliphatic rings. The van der Waals surface area contributed by atoms with Gasteiger partial charge in [-0.3, -0.25) is 9.59 Å². The number of methoxy groups -OCH3 is 1. The van der Waals surface area contributed by atoms with Crippen LogP contribution in [0.4, 0.5) is 0 Å². The predicted octanol–water partition coefficient (Wildman–Crippen LogP) is 6.00. The van der Waals surface area contributed by atoms with E-state index >= 15 is 0 Å². The van der Waals surface area contributed by atoms with Crippen molar-refractivity contribution in [2.75, 3.05) is 20.3 Å². The summed E-state index contributed by atoms with van der Waals surface area (Å²) in [4.78, 5) is 28.2. The molecule has 1 aliphatic heterocycles. The molecule has 1 amide bonds. The van der Waals surface area contributed by atoms with Gasteiger partial charge in [0.2, 0.25) is 5.78 Å². The third kappa shape index (κ3) is 4.48. The van der Waals surface area contributed by atoms with Crippen molar-refractivity contribution in [1.82, 2.24) is 4.90 Å². The Morgan fingerprint density at radius 2 is 1.85 bits per heavy atom. The van der Waals surface area contributed by atoms with Crippen LogP contribution >= 0.6 is 11.6 Å². The molecule has 178 valence electrons. The van der Waals surface area contributed by atoms with Gasteiger partial charge in [0, 0.05) is 30.7 Å². The zero-order chi connectivity index (χ0) is 24.6. The third-order valence-corrected chi connectivity index (χ3v) is 6.33. The maximum atomic E-state index is 13.6. The molecule has 0 radical (unpaired) electrons. The molecular formula is C27H28ClNO5. The summed E-state index contributed by atoms with van der Waals surface area (Å²) in [5.74, 6) is -1.62. The number of Topliss-reactive ketones (excluding diaryl/α,β-unsaturated/α-hetero) is 1. The predicted molar refractivity (Wildman–Crippen MR) is 131 cm³/mol. The Kier molecular flexibility index (Phi) is 6.56. The Bertz CT molecular complexity index is 1270. The van der Waals surface area contributed by atoms with E-state index in [-0.39, 0.29) is 16.7 Å². The van der Waals surface area contributed by atoms with Crippen LogP contribution in [0.1, 0.15) is 54.9 Å². The van der Waals surface area contributed by atoms with Gasteiger partial charge in [-0.1, -0.05) is 56.6 Å². The highest BCUT2D eigenvalue weighted by atomic mass is 35.5. The third-order valence-electron chi connectivity index (χ3n) is 6.09. The lowest BCUT2D eigenvalue weighted by molar-refractivity contribution is -0.129. The van der Waals surface area contributed by atoms with Crippen LogP contribution < -0.4 is 0 Å². The number of amides is 1. The molecule has 1 N–H and O–H groups in total. The number of fused-ring (bicyclic) bond motifs is 1. The largest absolute Gasteiger partial charge is 0.503 e. The van der Waals surface area contributed by atoms with Crippen LogP contribution in [0.5, 0.6) is 0 Å². The van der Waals surface area contributed by atoms with E-state index in [2.05, 4.69) is 20.8 Å². The lowest BCUT2D eigenvalue weighted by atomic mass is 9.85. The Morgan fingerprint density at radius 3 is 2.50 bits per heavy atom. The number of rotatable bonds is 7. The minimum absolute atomic E-state index is 0.0103. The number of hydrogen-bond donors (Lipinski definition) is 1. The molecule has 0 saturated carbocycles. The molecule has 34 heavy (non-hydrogen) atoms. The van der Waals surface area contributed by atoms with E-state index in [0.717, 1.165) is 11.1 Å². The molecule has 1 unspecified atom stereocenters. The van der Waals surface area contributed by atoms with Crippen LogP contribution in [0, 0.1) is 0 Å². The minimum Gasteiger partial charge on any atom is -0.503 e. The Hall–Kier alpha value is -3.09. The van der Waals surface area contributed by atoms with Gasteiger partial charge in [0.1, 0.15) is 5.58 Å². The van der Waals surface area contributed by atoms with Gasteiger partial charge < -0.3 is 19.2 Å². The van der Waals surface area contributed by atoms with E-state index < -0.39 is 23.5 Å². The number of carbonyl (C=O) groups is 2. The topological polar surface area (TPSA) is 80.0 Å². The number of benzene rings is 2. The first kappa shape index (κ1) is 24.0. The van der Waals surface area contributed by atoms with Crippen molar-refractivity contribution >= 4 is 34.3 Å². The van der Waals surface area contributed by atoms with E-state index in [1.165, 1.54) is 4.90 Å². The lowest BCUT2D eigenvalue weighted by Crippen LogP contribution is -2.32. The van der Waals surface area contributed by atoms with Crippen LogP contribution in [0.15, 0.2) is 64.3 Å². The molecule has 0 aliphatic carbocycles. The van der Waals surface area contributed by atoms with Crippen molar-refractivity contribution < 1.29 is 23.8 Å². The molecule has 1 atom stereocenters. The van der Waals surface area contributed by atoms with Gasteiger partial charge in [-0.05, 0) is 47.2 Å². The first-order valence-electron chi connectivity index (χ1n) is 11.2. The van der Waals surface area contributed by atoms with Crippen molar-refractivity contribution in [3.05, 3.63) is 81.8 Å². The number of aliphatic hydroxyl groups is 1. The monoisotopic (exact) mass is 481 g/mol. The van der Waals surface area contributed by atoms with Crippen LogP contribution in [-0.2, 0) is 14.9 Å². The summed E-state index contributed by atoms with van der Waals surface area (Å²) in [6.07, 6.45) is 0.566. The average Bonchev–Trinajstić information content (AvgIpc) is 3.32. The second kappa shape index (κ2) is 9.28. The number of halogens is 1. The summed E-state index contributed by atoms with van der Waals surface area (Å²) in [5, 5.41) is 12.0. The van der Waals surface area contributed by atoms with Crippen molar-refractivity contribution in [2.45, 2.75) is 38.6 Å². The standard InChI is InChI=1S/C27H28ClNO5/c1-27(2,3)18-8-6-16(7-9-18)23-22(25(31)26(32)29(23)12-5-13-33-4)24(30)21-15-17-14-19(28)10-11-20(17)34-21/h6-11,14-15,23,31H,5,12-13H2,1-4H3. The molecular weight excluding hydrogens is 454 g/mol. The average molecular weight is 482 g/mol. The number of aliphatic hydroxyl groups excluding tert-OH is 1. The van der Waals surface area contributed by atoms with Gasteiger partial charge in [-0.25, -0.2) is 0 Å². The SMILES string of the molecule is COCCCN1C(=O)C(O)=C(C(=O)c2cc3cc(Cl)ccc3o2)C1c1ccc(C(C)(C)C)cc1. The molecule has 0 saturated heterocycles. The van der Waals surface area contributed by atoms with E-state index in [0.29, 0.717) is 35.6 Å². The quantitative estimate of drug-likeness (QED) is 0.330. The van der Waals surface area contributed by atoms with Crippen LogP contribution in [0.2, 0.25) is 5.02 Å². The normalized spacial score (nSPS) is 16.7. The highest BCUT2D eigenvalue weighted by Gasteiger charge is 2.44. The van der Waals surface area contributed by atoms with Crippen molar-refractivity contribution in [3.63, 3.8) is 0 Å². The molecule has 3 aromatic rings. The highest BCUT2D eigenvalue weighted by molar-refractivity contribution is 6.31. The van der Waals surface area contributed by atoms with Crippen LogP contribution in [-0.4, -0.2) is 42.0 Å². The molecule has 0 spiro atoms. The highest BCUT2D eigenvalue weighted by Crippen LogP contribution is 2.40. The number of furan rings is 1. The van der Waals surface area contributed by atoms with E-state index in [4.69, 9.17) is 20.8 Å². The minimum atomic E-state index is -0.734. The molecule has 0 bridgehead atoms. The summed E-state index contributed by atoms with van der Waals surface area (Å²) in [6.45, 7) is 7.13. The number of hydrogen-bond acceptors (Lipinski definition) is 5. The molecule has 4 rings (SSSR count). The molecule has 1 aromatic heterocycles. The summed E-state index contributed by atoms with van der Waals surface area (Å²) < 4.78 is 10.9. The molecule has 0 fully saturated rings. The van der Waals surface area contributed by atoms with Gasteiger partial charge in [0.15, 0.2) is 11.5 Å². The number of ketones is 1. The van der Waals surface area contributed by atoms with Gasteiger partial charge in [-0.2, -0.15) is 0 Å². The Morgan fingerprint density at radius 1 is 1.15 bits per heavy atom. The van der Waals surface area contributed by atoms with Crippen LogP contribution in [0.3, 0.4) is 0 Å². The van der Waals surface area contributed by atoms with E-state index in [1.807, 2.05) is 24.3 Å². The zero-order valence-electron chi connectivity index (χ0n) is 19.7. The van der Waals surface area contributed by atoms with E-state index in [9.17, 15) is 14.7 Å². The van der Waals surface area contributed by atoms with Crippen molar-refractivity contribution in [2.24, 2.45) is 0 Å². The van der Waals surface area contributed by atoms with Gasteiger partial charge in [0.25, 0.3) is 5.91 Å². The molecule has 2 aromatic carbocycles. The van der Waals surface area contributed by atoms with Crippen molar-refractivity contribution in [3.8, 4) is 0 Å². The smallest absolute Gasteiger partial charge is 0.290 e. The second-order valence-electron chi connectivity index (χ2n) is 9.50. The van der Waals surface area contributed by atoms with Crippen LogP contribution in [0.25, 0.3) is 11.0 Å². The van der Waals surface area contributed by atoms with Gasteiger partial charge >= 0.3 is 0 Å². The molecule has 6 nitrogen and oxygen atoms in total.